The van der Waals surface area contributed by atoms with Gasteiger partial charge in [0.25, 0.3) is 0 Å². The normalized spacial score (nSPS) is 15.8. The topological polar surface area (TPSA) is 75.6 Å². The molecule has 0 saturated carbocycles. The van der Waals surface area contributed by atoms with E-state index in [2.05, 4.69) is 4.18 Å². The fourth-order valence-corrected chi connectivity index (χ4v) is 1.51. The van der Waals surface area contributed by atoms with Gasteiger partial charge >= 0.3 is 10.3 Å². The first-order valence-electron chi connectivity index (χ1n) is 4.04. The molecular weight excluding hydrogens is 194 g/mol. The second-order valence-electron chi connectivity index (χ2n) is 3.75. The molecule has 0 aliphatic rings. The molecule has 1 atom stereocenters. The molecule has 2 N–H and O–H groups in total. The minimum Gasteiger partial charge on any atom is -0.377 e. The van der Waals surface area contributed by atoms with Gasteiger partial charge < -0.3 is 5.11 Å². The van der Waals surface area contributed by atoms with Crippen LogP contribution in [0.25, 0.3) is 0 Å². The molecule has 0 rings (SSSR count). The van der Waals surface area contributed by atoms with Crippen LogP contribution < -0.4 is 4.72 Å². The highest BCUT2D eigenvalue weighted by atomic mass is 32.2. The maximum Gasteiger partial charge on any atom is 0.338 e. The minimum absolute atomic E-state index is 0.0478. The molecule has 0 aliphatic heterocycles. The summed E-state index contributed by atoms with van der Waals surface area (Å²) in [6.45, 7) is 6.75. The summed E-state index contributed by atoms with van der Waals surface area (Å²) < 4.78 is 28.4. The second-order valence-corrected chi connectivity index (χ2v) is 5.13. The quantitative estimate of drug-likeness (QED) is 0.652. The van der Waals surface area contributed by atoms with Crippen LogP contribution in [0.5, 0.6) is 0 Å². The molecule has 6 heteroatoms. The van der Waals surface area contributed by atoms with Crippen LogP contribution in [-0.2, 0) is 14.5 Å². The lowest BCUT2D eigenvalue weighted by Crippen LogP contribution is -2.44. The Morgan fingerprint density at radius 1 is 1.46 bits per heavy atom. The van der Waals surface area contributed by atoms with Crippen molar-refractivity contribution in [2.24, 2.45) is 5.41 Å². The van der Waals surface area contributed by atoms with E-state index in [1.54, 1.807) is 27.7 Å². The fraction of sp³-hybridized carbons (Fsp3) is 1.00. The number of nitrogens with one attached hydrogen (secondary N) is 1. The zero-order valence-electron chi connectivity index (χ0n) is 8.36. The van der Waals surface area contributed by atoms with Crippen LogP contribution >= 0.6 is 0 Å². The smallest absolute Gasteiger partial charge is 0.338 e. The summed E-state index contributed by atoms with van der Waals surface area (Å²) in [5, 5.41) is 9.38. The van der Waals surface area contributed by atoms with E-state index in [1.165, 1.54) is 0 Å². The Hall–Kier alpha value is -0.170. The van der Waals surface area contributed by atoms with Crippen LogP contribution in [0.15, 0.2) is 0 Å². The zero-order chi connectivity index (χ0) is 10.7. The number of hydrogen-bond acceptors (Lipinski definition) is 4. The number of aliphatic hydroxyl groups is 1. The van der Waals surface area contributed by atoms with Crippen molar-refractivity contribution in [2.45, 2.75) is 33.9 Å². The first-order valence-corrected chi connectivity index (χ1v) is 5.44. The van der Waals surface area contributed by atoms with E-state index in [4.69, 9.17) is 0 Å². The van der Waals surface area contributed by atoms with Crippen molar-refractivity contribution in [1.82, 2.24) is 4.72 Å². The molecule has 0 spiro atoms. The van der Waals surface area contributed by atoms with E-state index >= 15 is 0 Å². The molecular formula is C7H17NO4S. The molecule has 0 aromatic heterocycles. The minimum atomic E-state index is -3.81. The van der Waals surface area contributed by atoms with Gasteiger partial charge in [-0.25, -0.2) is 0 Å². The van der Waals surface area contributed by atoms with Gasteiger partial charge in [-0.15, -0.1) is 0 Å². The molecule has 0 heterocycles. The summed E-state index contributed by atoms with van der Waals surface area (Å²) in [4.78, 5) is 0. The van der Waals surface area contributed by atoms with Crippen LogP contribution in [0, 0.1) is 5.41 Å². The third-order valence-electron chi connectivity index (χ3n) is 1.35. The highest BCUT2D eigenvalue weighted by Crippen LogP contribution is 2.17. The van der Waals surface area contributed by atoms with E-state index in [-0.39, 0.29) is 6.61 Å². The summed E-state index contributed by atoms with van der Waals surface area (Å²) in [5.41, 5.74) is -0.551. The molecule has 80 valence electrons. The van der Waals surface area contributed by atoms with Crippen molar-refractivity contribution in [3.8, 4) is 0 Å². The SMILES string of the molecule is CCOS(=O)(=O)NC(O)C(C)(C)C. The van der Waals surface area contributed by atoms with E-state index in [9.17, 15) is 13.5 Å². The third-order valence-corrected chi connectivity index (χ3v) is 2.41. The molecule has 0 aliphatic carbocycles. The summed E-state index contributed by atoms with van der Waals surface area (Å²) in [6.07, 6.45) is -1.15. The zero-order valence-corrected chi connectivity index (χ0v) is 9.18. The predicted octanol–water partition coefficient (Wildman–Crippen LogP) is 0.222. The summed E-state index contributed by atoms with van der Waals surface area (Å²) in [7, 11) is -3.81. The maximum absolute atomic E-state index is 11.0. The van der Waals surface area contributed by atoms with E-state index in [1.807, 2.05) is 4.72 Å². The average molecular weight is 211 g/mol. The van der Waals surface area contributed by atoms with E-state index < -0.39 is 21.9 Å². The van der Waals surface area contributed by atoms with Crippen LogP contribution in [0.1, 0.15) is 27.7 Å². The number of rotatable bonds is 4. The van der Waals surface area contributed by atoms with Gasteiger partial charge in [-0.05, 0) is 6.92 Å². The van der Waals surface area contributed by atoms with Crippen LogP contribution in [0.3, 0.4) is 0 Å². The summed E-state index contributed by atoms with van der Waals surface area (Å²) in [5.74, 6) is 0. The Labute approximate surface area is 79.4 Å². The molecule has 0 amide bonds. The van der Waals surface area contributed by atoms with Gasteiger partial charge in [0.05, 0.1) is 6.61 Å². The first kappa shape index (κ1) is 12.8. The van der Waals surface area contributed by atoms with Crippen molar-refractivity contribution in [3.63, 3.8) is 0 Å². The highest BCUT2D eigenvalue weighted by Gasteiger charge is 2.26. The largest absolute Gasteiger partial charge is 0.377 e. The summed E-state index contributed by atoms with van der Waals surface area (Å²) in [6, 6.07) is 0. The molecule has 1 unspecified atom stereocenters. The van der Waals surface area contributed by atoms with Gasteiger partial charge in [-0.3, -0.25) is 4.18 Å². The average Bonchev–Trinajstić information content (AvgIpc) is 1.83. The third kappa shape index (κ3) is 5.20. The first-order chi connectivity index (χ1) is 5.69. The van der Waals surface area contributed by atoms with Crippen molar-refractivity contribution < 1.29 is 17.7 Å². The highest BCUT2D eigenvalue weighted by molar-refractivity contribution is 7.84. The van der Waals surface area contributed by atoms with Gasteiger partial charge in [-0.2, -0.15) is 13.1 Å². The van der Waals surface area contributed by atoms with Crippen molar-refractivity contribution >= 4 is 10.3 Å². The van der Waals surface area contributed by atoms with Crippen LogP contribution in [0.2, 0.25) is 0 Å². The Balaban J connectivity index is 4.29. The monoisotopic (exact) mass is 211 g/mol. The number of hydrogen-bond donors (Lipinski definition) is 2. The lowest BCUT2D eigenvalue weighted by molar-refractivity contribution is 0.0503. The fourth-order valence-electron chi connectivity index (χ4n) is 0.503. The molecule has 0 bridgehead atoms. The standard InChI is InChI=1S/C7H17NO4S/c1-5-12-13(10,11)8-6(9)7(2,3)4/h6,8-9H,5H2,1-4H3. The molecule has 0 saturated heterocycles. The lowest BCUT2D eigenvalue weighted by atomic mass is 9.95. The molecule has 0 radical (unpaired) electrons. The van der Waals surface area contributed by atoms with E-state index in [0.29, 0.717) is 0 Å². The van der Waals surface area contributed by atoms with E-state index in [0.717, 1.165) is 0 Å². The molecule has 13 heavy (non-hydrogen) atoms. The lowest BCUT2D eigenvalue weighted by Gasteiger charge is -2.25. The van der Waals surface area contributed by atoms with Crippen molar-refractivity contribution in [1.29, 1.82) is 0 Å². The van der Waals surface area contributed by atoms with Crippen LogP contribution in [-0.4, -0.2) is 26.4 Å². The van der Waals surface area contributed by atoms with Crippen molar-refractivity contribution in [2.75, 3.05) is 6.61 Å². The van der Waals surface area contributed by atoms with Gasteiger partial charge in [0.1, 0.15) is 6.23 Å². The molecule has 0 aromatic carbocycles. The van der Waals surface area contributed by atoms with Crippen LogP contribution in [0.4, 0.5) is 0 Å². The Morgan fingerprint density at radius 2 is 1.92 bits per heavy atom. The Kier molecular flexibility index (Phi) is 4.31. The summed E-state index contributed by atoms with van der Waals surface area (Å²) >= 11 is 0. The van der Waals surface area contributed by atoms with Crippen molar-refractivity contribution in [3.05, 3.63) is 0 Å². The Bertz CT molecular complexity index is 242. The van der Waals surface area contributed by atoms with Gasteiger partial charge in [-0.1, -0.05) is 20.8 Å². The maximum atomic E-state index is 11.0. The van der Waals surface area contributed by atoms with Gasteiger partial charge in [0.15, 0.2) is 0 Å². The second kappa shape index (κ2) is 4.36. The Morgan fingerprint density at radius 3 is 2.23 bits per heavy atom. The van der Waals surface area contributed by atoms with Gasteiger partial charge in [0.2, 0.25) is 0 Å². The van der Waals surface area contributed by atoms with Gasteiger partial charge in [0, 0.05) is 5.41 Å². The molecule has 0 aromatic rings. The molecule has 5 nitrogen and oxygen atoms in total. The number of aliphatic hydroxyl groups excluding tert-OH is 1. The molecule has 0 fully saturated rings. The predicted molar refractivity (Wildman–Crippen MR) is 49.1 cm³/mol.